The molecule has 104 valence electrons. The van der Waals surface area contributed by atoms with Crippen molar-refractivity contribution in [3.63, 3.8) is 0 Å². The Kier molecular flexibility index (Phi) is 3.87. The van der Waals surface area contributed by atoms with E-state index in [1.54, 1.807) is 6.33 Å². The van der Waals surface area contributed by atoms with Crippen molar-refractivity contribution in [1.82, 2.24) is 9.97 Å². The summed E-state index contributed by atoms with van der Waals surface area (Å²) in [7, 11) is 0. The van der Waals surface area contributed by atoms with Gasteiger partial charge in [-0.2, -0.15) is 0 Å². The molecule has 0 aliphatic carbocycles. The number of benzene rings is 1. The summed E-state index contributed by atoms with van der Waals surface area (Å²) < 4.78 is 0.837. The van der Waals surface area contributed by atoms with Gasteiger partial charge in [0.05, 0.1) is 0 Å². The molecule has 0 N–H and O–H groups in total. The maximum atomic E-state index is 4.34. The van der Waals surface area contributed by atoms with Crippen LogP contribution < -0.4 is 9.80 Å². The lowest BCUT2D eigenvalue weighted by Gasteiger charge is -2.36. The molecule has 4 nitrogen and oxygen atoms in total. The molecule has 5 heteroatoms. The molecule has 1 aliphatic rings. The van der Waals surface area contributed by atoms with Crippen LogP contribution in [0.3, 0.4) is 0 Å². The van der Waals surface area contributed by atoms with Crippen LogP contribution in [0.2, 0.25) is 0 Å². The summed E-state index contributed by atoms with van der Waals surface area (Å²) in [6, 6.07) is 10.7. The van der Waals surface area contributed by atoms with Gasteiger partial charge >= 0.3 is 0 Å². The van der Waals surface area contributed by atoms with Gasteiger partial charge in [-0.15, -0.1) is 0 Å². The first-order valence-corrected chi connectivity index (χ1v) is 7.56. The largest absolute Gasteiger partial charge is 0.368 e. The van der Waals surface area contributed by atoms with E-state index in [-0.39, 0.29) is 0 Å². The molecule has 1 fully saturated rings. The Balaban J connectivity index is 1.68. The lowest BCUT2D eigenvalue weighted by Crippen LogP contribution is -2.46. The average Bonchev–Trinajstić information content (AvgIpc) is 2.47. The van der Waals surface area contributed by atoms with E-state index in [1.807, 2.05) is 6.07 Å². The van der Waals surface area contributed by atoms with Crippen LogP contribution in [0.1, 0.15) is 5.56 Å². The van der Waals surface area contributed by atoms with Gasteiger partial charge in [-0.05, 0) is 40.5 Å². The van der Waals surface area contributed by atoms with E-state index in [0.29, 0.717) is 0 Å². The Morgan fingerprint density at radius 2 is 1.75 bits per heavy atom. The van der Waals surface area contributed by atoms with E-state index in [2.05, 4.69) is 66.9 Å². The summed E-state index contributed by atoms with van der Waals surface area (Å²) >= 11 is 3.40. The van der Waals surface area contributed by atoms with Crippen LogP contribution in [-0.4, -0.2) is 36.1 Å². The molecule has 0 amide bonds. The third-order valence-corrected chi connectivity index (χ3v) is 4.02. The van der Waals surface area contributed by atoms with E-state index >= 15 is 0 Å². The van der Waals surface area contributed by atoms with Gasteiger partial charge < -0.3 is 9.80 Å². The SMILES string of the molecule is Cc1cccc(N2CCN(c3cc(Br)ncn3)CC2)c1. The molecule has 20 heavy (non-hydrogen) atoms. The van der Waals surface area contributed by atoms with Crippen molar-refractivity contribution in [2.24, 2.45) is 0 Å². The highest BCUT2D eigenvalue weighted by molar-refractivity contribution is 9.10. The number of hydrogen-bond acceptors (Lipinski definition) is 4. The monoisotopic (exact) mass is 332 g/mol. The van der Waals surface area contributed by atoms with Crippen molar-refractivity contribution in [1.29, 1.82) is 0 Å². The molecule has 0 spiro atoms. The first kappa shape index (κ1) is 13.4. The summed E-state index contributed by atoms with van der Waals surface area (Å²) in [4.78, 5) is 13.2. The van der Waals surface area contributed by atoms with Crippen molar-refractivity contribution in [2.75, 3.05) is 36.0 Å². The fraction of sp³-hybridized carbons (Fsp3) is 0.333. The van der Waals surface area contributed by atoms with Crippen LogP contribution in [0.5, 0.6) is 0 Å². The van der Waals surface area contributed by atoms with Gasteiger partial charge in [0.25, 0.3) is 0 Å². The number of anilines is 2. The zero-order valence-corrected chi connectivity index (χ0v) is 13.0. The topological polar surface area (TPSA) is 32.3 Å². The van der Waals surface area contributed by atoms with E-state index in [0.717, 1.165) is 36.6 Å². The number of nitrogens with zero attached hydrogens (tertiary/aromatic N) is 4. The van der Waals surface area contributed by atoms with Crippen LogP contribution in [0.25, 0.3) is 0 Å². The Bertz CT molecular complexity index is 540. The van der Waals surface area contributed by atoms with Crippen LogP contribution in [0.4, 0.5) is 11.5 Å². The first-order chi connectivity index (χ1) is 9.72. The summed E-state index contributed by atoms with van der Waals surface area (Å²) in [5.74, 6) is 0.996. The van der Waals surface area contributed by atoms with E-state index < -0.39 is 0 Å². The third kappa shape index (κ3) is 2.93. The Hall–Kier alpha value is -1.62. The van der Waals surface area contributed by atoms with Crippen molar-refractivity contribution in [3.8, 4) is 0 Å². The molecule has 0 atom stereocenters. The average molecular weight is 333 g/mol. The molecule has 0 saturated carbocycles. The minimum atomic E-state index is 0.837. The second-order valence-electron chi connectivity index (χ2n) is 5.01. The molecule has 2 aromatic rings. The van der Waals surface area contributed by atoms with Gasteiger partial charge in [-0.3, -0.25) is 0 Å². The summed E-state index contributed by atoms with van der Waals surface area (Å²) in [6.07, 6.45) is 1.60. The van der Waals surface area contributed by atoms with Crippen LogP contribution >= 0.6 is 15.9 Å². The molecule has 0 bridgehead atoms. The Morgan fingerprint density at radius 3 is 2.45 bits per heavy atom. The molecule has 1 aromatic carbocycles. The molecule has 1 saturated heterocycles. The molecule has 1 aliphatic heterocycles. The maximum Gasteiger partial charge on any atom is 0.133 e. The summed E-state index contributed by atoms with van der Waals surface area (Å²) in [5.41, 5.74) is 2.62. The van der Waals surface area contributed by atoms with Gasteiger partial charge in [0.15, 0.2) is 0 Å². The predicted molar refractivity (Wildman–Crippen MR) is 85.3 cm³/mol. The smallest absolute Gasteiger partial charge is 0.133 e. The van der Waals surface area contributed by atoms with Gasteiger partial charge in [0.1, 0.15) is 16.7 Å². The fourth-order valence-electron chi connectivity index (χ4n) is 2.52. The third-order valence-electron chi connectivity index (χ3n) is 3.59. The van der Waals surface area contributed by atoms with E-state index in [9.17, 15) is 0 Å². The fourth-order valence-corrected chi connectivity index (χ4v) is 2.81. The van der Waals surface area contributed by atoms with E-state index in [4.69, 9.17) is 0 Å². The number of aryl methyl sites for hydroxylation is 1. The van der Waals surface area contributed by atoms with Crippen molar-refractivity contribution in [2.45, 2.75) is 6.92 Å². The highest BCUT2D eigenvalue weighted by atomic mass is 79.9. The summed E-state index contributed by atoms with van der Waals surface area (Å²) in [5, 5.41) is 0. The number of aromatic nitrogens is 2. The second kappa shape index (κ2) is 5.79. The van der Waals surface area contributed by atoms with E-state index in [1.165, 1.54) is 11.3 Å². The molecular weight excluding hydrogens is 316 g/mol. The van der Waals surface area contributed by atoms with Crippen LogP contribution in [-0.2, 0) is 0 Å². The number of piperazine rings is 1. The molecule has 0 unspecified atom stereocenters. The molecule has 3 rings (SSSR count). The quantitative estimate of drug-likeness (QED) is 0.791. The van der Waals surface area contributed by atoms with Crippen molar-refractivity contribution in [3.05, 3.63) is 46.8 Å². The van der Waals surface area contributed by atoms with Crippen LogP contribution in [0.15, 0.2) is 41.3 Å². The minimum absolute atomic E-state index is 0.837. The molecule has 2 heterocycles. The van der Waals surface area contributed by atoms with Gasteiger partial charge in [-0.1, -0.05) is 12.1 Å². The van der Waals surface area contributed by atoms with Crippen molar-refractivity contribution < 1.29 is 0 Å². The number of hydrogen-bond donors (Lipinski definition) is 0. The zero-order chi connectivity index (χ0) is 13.9. The normalized spacial score (nSPS) is 15.5. The number of halogens is 1. The Morgan fingerprint density at radius 1 is 1.00 bits per heavy atom. The number of rotatable bonds is 2. The van der Waals surface area contributed by atoms with Gasteiger partial charge in [-0.25, -0.2) is 9.97 Å². The highest BCUT2D eigenvalue weighted by Gasteiger charge is 2.18. The lowest BCUT2D eigenvalue weighted by atomic mass is 10.2. The summed E-state index contributed by atoms with van der Waals surface area (Å²) in [6.45, 7) is 6.14. The Labute approximate surface area is 127 Å². The van der Waals surface area contributed by atoms with Gasteiger partial charge in [0.2, 0.25) is 0 Å². The predicted octanol–water partition coefficient (Wildman–Crippen LogP) is 2.87. The van der Waals surface area contributed by atoms with Crippen LogP contribution in [0, 0.1) is 6.92 Å². The van der Waals surface area contributed by atoms with Crippen molar-refractivity contribution >= 4 is 27.4 Å². The molecule has 0 radical (unpaired) electrons. The maximum absolute atomic E-state index is 4.34. The second-order valence-corrected chi connectivity index (χ2v) is 5.82. The highest BCUT2D eigenvalue weighted by Crippen LogP contribution is 2.21. The zero-order valence-electron chi connectivity index (χ0n) is 11.5. The molecule has 1 aromatic heterocycles. The van der Waals surface area contributed by atoms with Gasteiger partial charge in [0, 0.05) is 37.9 Å². The minimum Gasteiger partial charge on any atom is -0.368 e. The molecular formula is C15H17BrN4. The lowest BCUT2D eigenvalue weighted by molar-refractivity contribution is 0.646. The first-order valence-electron chi connectivity index (χ1n) is 6.76. The standard InChI is InChI=1S/C15H17BrN4/c1-12-3-2-4-13(9-12)19-5-7-20(8-6-19)15-10-14(16)17-11-18-15/h2-4,9-11H,5-8H2,1H3.